The first-order chi connectivity index (χ1) is 24.5. The van der Waals surface area contributed by atoms with Gasteiger partial charge in [0.1, 0.15) is 13.2 Å². The normalized spacial score (nSPS) is 14.5. The molecule has 3 N–H and O–H groups in total. The van der Waals surface area contributed by atoms with Crippen LogP contribution in [0.3, 0.4) is 0 Å². The molecule has 2 unspecified atom stereocenters. The number of likely N-dealkylation sites (N-methyl/N-ethyl adjacent to an activating group) is 1. The molecule has 0 fully saturated rings. The smallest absolute Gasteiger partial charge is 0.472 e. The summed E-state index contributed by atoms with van der Waals surface area (Å²) >= 11 is 0. The van der Waals surface area contributed by atoms with Crippen LogP contribution in [0.2, 0.25) is 0 Å². The Morgan fingerprint density at radius 1 is 0.431 bits per heavy atom. The molecule has 0 rings (SSSR count). The van der Waals surface area contributed by atoms with Crippen molar-refractivity contribution in [3.63, 3.8) is 0 Å². The van der Waals surface area contributed by atoms with E-state index in [1.54, 1.807) is 0 Å². The molecule has 0 amide bonds. The van der Waals surface area contributed by atoms with E-state index in [2.05, 4.69) is 0 Å². The number of rotatable bonds is 42. The maximum absolute atomic E-state index is 11.8. The van der Waals surface area contributed by atoms with Crippen LogP contribution in [0.25, 0.3) is 0 Å². The molecule has 0 saturated heterocycles. The van der Waals surface area contributed by atoms with Crippen LogP contribution in [-0.4, -0.2) is 70.0 Å². The molecule has 0 aliphatic carbocycles. The highest BCUT2D eigenvalue weighted by Crippen LogP contribution is 2.43. The molecule has 0 spiro atoms. The second-order valence-electron chi connectivity index (χ2n) is 15.7. The lowest BCUT2D eigenvalue weighted by atomic mass is 10.0. The van der Waals surface area contributed by atoms with Gasteiger partial charge in [-0.05, 0) is 12.8 Å². The Labute approximate surface area is 315 Å². The molecule has 10 nitrogen and oxygen atoms in total. The number of nitrogens with zero attached hydrogens (tertiary/aromatic N) is 1. The average Bonchev–Trinajstić information content (AvgIpc) is 3.06. The zero-order valence-electron chi connectivity index (χ0n) is 33.7. The molecule has 0 aliphatic heterocycles. The van der Waals surface area contributed by atoms with Gasteiger partial charge in [0.15, 0.2) is 0 Å². The van der Waals surface area contributed by atoms with Crippen molar-refractivity contribution in [1.29, 1.82) is 0 Å². The van der Waals surface area contributed by atoms with E-state index in [-0.39, 0.29) is 33.0 Å². The fourth-order valence-electron chi connectivity index (χ4n) is 6.18. The van der Waals surface area contributed by atoms with E-state index in [4.69, 9.17) is 23.8 Å². The molecule has 0 radical (unpaired) electrons. The minimum Gasteiger partial charge on any atom is -0.756 e. The number of unbranched alkanes of at least 4 members (excludes halogenated alkanes) is 29. The molecule has 0 aliphatic rings. The number of phosphoric ester groups is 2. The summed E-state index contributed by atoms with van der Waals surface area (Å²) in [6.07, 6.45) is 38.7. The van der Waals surface area contributed by atoms with Crippen molar-refractivity contribution in [2.24, 2.45) is 5.73 Å². The number of nitrogens with two attached hydrogens (primary N) is 1. The molecular weight excluding hydrogens is 686 g/mol. The van der Waals surface area contributed by atoms with Gasteiger partial charge in [-0.2, -0.15) is 0 Å². The number of phosphoric acid groups is 2. The lowest BCUT2D eigenvalue weighted by Crippen LogP contribution is -2.37. The van der Waals surface area contributed by atoms with Gasteiger partial charge in [-0.3, -0.25) is 13.6 Å². The van der Waals surface area contributed by atoms with Crippen LogP contribution in [0.15, 0.2) is 0 Å². The maximum atomic E-state index is 11.8. The lowest BCUT2D eigenvalue weighted by Gasteiger charge is -2.27. The Bertz CT molecular complexity index is 832. The SMILES string of the molecule is C[N+](C)(C)CCOP(=O)([O-])OCCCCCCCCCCCCCCCCCCCCCCCCCCCCCCCCOP(=O)(O)OCCN. The average molecular weight is 771 g/mol. The lowest BCUT2D eigenvalue weighted by molar-refractivity contribution is -0.870. The first kappa shape index (κ1) is 51.1. The largest absolute Gasteiger partial charge is 0.756 e. The predicted octanol–water partition coefficient (Wildman–Crippen LogP) is 11.0. The fourth-order valence-corrected chi connectivity index (χ4v) is 7.68. The summed E-state index contributed by atoms with van der Waals surface area (Å²) in [7, 11) is -2.07. The van der Waals surface area contributed by atoms with Crippen molar-refractivity contribution in [2.75, 3.05) is 60.7 Å². The Balaban J connectivity index is 3.20. The Kier molecular flexibility index (Phi) is 35.9. The van der Waals surface area contributed by atoms with Gasteiger partial charge in [0.25, 0.3) is 7.82 Å². The highest BCUT2D eigenvalue weighted by atomic mass is 31.2. The summed E-state index contributed by atoms with van der Waals surface area (Å²) in [5, 5.41) is 0. The van der Waals surface area contributed by atoms with E-state index in [1.807, 2.05) is 21.1 Å². The Morgan fingerprint density at radius 2 is 0.667 bits per heavy atom. The van der Waals surface area contributed by atoms with Gasteiger partial charge in [0.2, 0.25) is 0 Å². The minimum absolute atomic E-state index is 0.0390. The molecule has 2 atom stereocenters. The predicted molar refractivity (Wildman–Crippen MR) is 212 cm³/mol. The van der Waals surface area contributed by atoms with Gasteiger partial charge in [0, 0.05) is 6.54 Å². The van der Waals surface area contributed by atoms with Crippen LogP contribution in [-0.2, 0) is 27.2 Å². The van der Waals surface area contributed by atoms with Gasteiger partial charge in [-0.25, -0.2) is 4.57 Å². The molecular formula is C39H84N2O8P2. The molecule has 0 bridgehead atoms. The minimum atomic E-state index is -4.16. The highest BCUT2D eigenvalue weighted by molar-refractivity contribution is 7.47. The van der Waals surface area contributed by atoms with E-state index in [0.29, 0.717) is 11.0 Å². The molecule has 0 saturated carbocycles. The molecule has 0 heterocycles. The van der Waals surface area contributed by atoms with Gasteiger partial charge < -0.3 is 29.1 Å². The second-order valence-corrected chi connectivity index (χ2v) is 18.5. The maximum Gasteiger partial charge on any atom is 0.472 e. The van der Waals surface area contributed by atoms with E-state index in [1.165, 1.54) is 154 Å². The van der Waals surface area contributed by atoms with Crippen molar-refractivity contribution in [1.82, 2.24) is 0 Å². The van der Waals surface area contributed by atoms with E-state index >= 15 is 0 Å². The summed E-state index contributed by atoms with van der Waals surface area (Å²) in [6, 6.07) is 0. The zero-order chi connectivity index (χ0) is 37.8. The van der Waals surface area contributed by atoms with Crippen LogP contribution >= 0.6 is 15.6 Å². The van der Waals surface area contributed by atoms with Crippen LogP contribution in [0, 0.1) is 0 Å². The topological polar surface area (TPSA) is 140 Å². The van der Waals surface area contributed by atoms with E-state index in [9.17, 15) is 18.9 Å². The quantitative estimate of drug-likeness (QED) is 0.0352. The summed E-state index contributed by atoms with van der Waals surface area (Å²) in [5.74, 6) is 0. The standard InChI is InChI=1S/C39H84N2O8P2/c1-41(2,3)35-39-49-51(44,45)47-37-33-31-29-27-25-23-21-19-17-15-13-11-9-7-5-4-6-8-10-12-14-16-18-20-22-24-26-28-30-32-36-46-50(42,43)48-38-34-40/h4-40H2,1-3H3,(H-,42,43,44,45). The van der Waals surface area contributed by atoms with Gasteiger partial charge in [-0.15, -0.1) is 0 Å². The van der Waals surface area contributed by atoms with Crippen molar-refractivity contribution in [3.05, 3.63) is 0 Å². The monoisotopic (exact) mass is 771 g/mol. The number of hydrogen-bond donors (Lipinski definition) is 2. The molecule has 51 heavy (non-hydrogen) atoms. The van der Waals surface area contributed by atoms with Crippen molar-refractivity contribution >= 4 is 15.6 Å². The van der Waals surface area contributed by atoms with E-state index < -0.39 is 15.6 Å². The van der Waals surface area contributed by atoms with Crippen LogP contribution < -0.4 is 10.6 Å². The third kappa shape index (κ3) is 42.7. The van der Waals surface area contributed by atoms with Crippen molar-refractivity contribution in [3.8, 4) is 0 Å². The summed E-state index contributed by atoms with van der Waals surface area (Å²) < 4.78 is 43.5. The Morgan fingerprint density at radius 3 is 0.941 bits per heavy atom. The first-order valence-electron chi connectivity index (χ1n) is 21.2. The fraction of sp³-hybridized carbons (Fsp3) is 1.00. The van der Waals surface area contributed by atoms with E-state index in [0.717, 1.165) is 38.5 Å². The van der Waals surface area contributed by atoms with Gasteiger partial charge in [0.05, 0.1) is 41.0 Å². The molecule has 308 valence electrons. The highest BCUT2D eigenvalue weighted by Gasteiger charge is 2.19. The molecule has 0 aromatic carbocycles. The van der Waals surface area contributed by atoms with Crippen LogP contribution in [0.4, 0.5) is 0 Å². The second kappa shape index (κ2) is 35.8. The summed E-state index contributed by atoms with van der Waals surface area (Å²) in [4.78, 5) is 21.2. The molecule has 0 aromatic rings. The molecule has 0 aromatic heterocycles. The summed E-state index contributed by atoms with van der Waals surface area (Å²) in [5.41, 5.74) is 5.26. The Hall–Kier alpha value is 0.140. The van der Waals surface area contributed by atoms with Crippen LogP contribution in [0.1, 0.15) is 193 Å². The first-order valence-corrected chi connectivity index (χ1v) is 24.2. The van der Waals surface area contributed by atoms with Crippen LogP contribution in [0.5, 0.6) is 0 Å². The molecule has 12 heteroatoms. The number of quaternary nitrogens is 1. The van der Waals surface area contributed by atoms with Crippen molar-refractivity contribution in [2.45, 2.75) is 193 Å². The van der Waals surface area contributed by atoms with Gasteiger partial charge in [-0.1, -0.05) is 180 Å². The van der Waals surface area contributed by atoms with Gasteiger partial charge >= 0.3 is 7.82 Å². The zero-order valence-corrected chi connectivity index (χ0v) is 35.5. The van der Waals surface area contributed by atoms with Crippen molar-refractivity contribution < 1.29 is 41.5 Å². The third-order valence-corrected chi connectivity index (χ3v) is 11.4. The summed E-state index contributed by atoms with van der Waals surface area (Å²) in [6.45, 7) is 1.52. The third-order valence-electron chi connectivity index (χ3n) is 9.43. The number of hydrogen-bond acceptors (Lipinski definition) is 8.